The highest BCUT2D eigenvalue weighted by molar-refractivity contribution is 7.86. The smallest absolute Gasteiger partial charge is 0.311 e. The number of hydrogen-bond donors (Lipinski definition) is 0. The summed E-state index contributed by atoms with van der Waals surface area (Å²) in [7, 11) is -3.54. The minimum atomic E-state index is -3.54. The summed E-state index contributed by atoms with van der Waals surface area (Å²) in [4.78, 5) is 11.9. The first-order valence-electron chi connectivity index (χ1n) is 11.0. The highest BCUT2D eigenvalue weighted by Crippen LogP contribution is 2.28. The average Bonchev–Trinajstić information content (AvgIpc) is 3.12. The third kappa shape index (κ3) is 6.36. The van der Waals surface area contributed by atoms with Gasteiger partial charge in [-0.2, -0.15) is 8.42 Å². The molecule has 1 atom stereocenters. The van der Waals surface area contributed by atoms with Crippen LogP contribution in [-0.2, 0) is 21.5 Å². The van der Waals surface area contributed by atoms with Crippen molar-refractivity contribution in [2.45, 2.75) is 58.9 Å². The van der Waals surface area contributed by atoms with Crippen LogP contribution in [0.2, 0.25) is 0 Å². The molecule has 0 spiro atoms. The Bertz CT molecular complexity index is 1200. The average molecular weight is 458 g/mol. The van der Waals surface area contributed by atoms with E-state index in [2.05, 4.69) is 24.5 Å². The van der Waals surface area contributed by atoms with Gasteiger partial charge >= 0.3 is 16.1 Å². The van der Waals surface area contributed by atoms with Crippen LogP contribution in [0.5, 0.6) is 11.5 Å². The Morgan fingerprint density at radius 1 is 1.12 bits per heavy atom. The Kier molecular flexibility index (Phi) is 7.61. The molecule has 1 heterocycles. The molecule has 1 aromatic heterocycles. The van der Waals surface area contributed by atoms with Crippen LogP contribution in [-0.4, -0.2) is 25.2 Å². The monoisotopic (exact) mass is 457 g/mol. The van der Waals surface area contributed by atoms with Crippen LogP contribution in [0.1, 0.15) is 56.6 Å². The number of unbranched alkanes of at least 4 members (excludes halogenated alkanes) is 1. The number of nitrogens with zero attached hydrogens (tertiary/aromatic N) is 1. The molecule has 0 aliphatic carbocycles. The number of benzene rings is 2. The third-order valence-electron chi connectivity index (χ3n) is 5.52. The van der Waals surface area contributed by atoms with Crippen LogP contribution in [0.25, 0.3) is 10.9 Å². The van der Waals surface area contributed by atoms with E-state index in [9.17, 15) is 13.2 Å². The van der Waals surface area contributed by atoms with E-state index in [1.807, 2.05) is 37.4 Å². The highest BCUT2D eigenvalue weighted by atomic mass is 32.2. The maximum Gasteiger partial charge on any atom is 0.311 e. The Hall–Kier alpha value is -2.80. The summed E-state index contributed by atoms with van der Waals surface area (Å²) in [5.74, 6) is 1.09. The van der Waals surface area contributed by atoms with Gasteiger partial charge in [-0.3, -0.25) is 4.79 Å². The van der Waals surface area contributed by atoms with E-state index in [4.69, 9.17) is 8.92 Å². The fourth-order valence-electron chi connectivity index (χ4n) is 3.69. The summed E-state index contributed by atoms with van der Waals surface area (Å²) >= 11 is 0. The lowest BCUT2D eigenvalue weighted by molar-refractivity contribution is -0.134. The predicted octanol–water partition coefficient (Wildman–Crippen LogP) is 5.58. The number of aryl methyl sites for hydroxylation is 2. The molecule has 32 heavy (non-hydrogen) atoms. The van der Waals surface area contributed by atoms with E-state index in [0.717, 1.165) is 48.5 Å². The summed E-state index contributed by atoms with van der Waals surface area (Å²) < 4.78 is 35.3. The van der Waals surface area contributed by atoms with Crippen molar-refractivity contribution in [1.82, 2.24) is 4.57 Å². The van der Waals surface area contributed by atoms with Gasteiger partial charge in [0.2, 0.25) is 0 Å². The van der Waals surface area contributed by atoms with Gasteiger partial charge in [0.25, 0.3) is 0 Å². The fraction of sp³-hybridized carbons (Fsp3) is 0.400. The SMILES string of the molecule is CCCCC(=O)Oc1ccc(C(C)CCn2ccc3cc(OS(C)(=O)=O)ccc32)cc1C. The van der Waals surface area contributed by atoms with Crippen molar-refractivity contribution >= 4 is 27.0 Å². The number of carbonyl (C=O) groups excluding carboxylic acids is 1. The van der Waals surface area contributed by atoms with Gasteiger partial charge in [-0.1, -0.05) is 32.4 Å². The van der Waals surface area contributed by atoms with Crippen molar-refractivity contribution in [3.8, 4) is 11.5 Å². The Morgan fingerprint density at radius 3 is 2.59 bits per heavy atom. The number of esters is 1. The molecule has 0 saturated carbocycles. The topological polar surface area (TPSA) is 74.6 Å². The molecule has 0 aliphatic heterocycles. The number of fused-ring (bicyclic) bond motifs is 1. The van der Waals surface area contributed by atoms with Gasteiger partial charge in [-0.25, -0.2) is 0 Å². The molecule has 3 rings (SSSR count). The van der Waals surface area contributed by atoms with Gasteiger partial charge in [-0.15, -0.1) is 0 Å². The Morgan fingerprint density at radius 2 is 1.91 bits per heavy atom. The van der Waals surface area contributed by atoms with Gasteiger partial charge in [-0.05, 0) is 67.1 Å². The molecular formula is C25H31NO5S. The molecule has 0 N–H and O–H groups in total. The molecular weight excluding hydrogens is 426 g/mol. The molecule has 0 radical (unpaired) electrons. The zero-order valence-corrected chi connectivity index (χ0v) is 19.9. The molecule has 0 saturated heterocycles. The molecule has 0 amide bonds. The first kappa shape index (κ1) is 23.9. The molecule has 7 heteroatoms. The maximum atomic E-state index is 11.9. The molecule has 6 nitrogen and oxygen atoms in total. The minimum Gasteiger partial charge on any atom is -0.426 e. The number of carbonyl (C=O) groups is 1. The Balaban J connectivity index is 1.64. The van der Waals surface area contributed by atoms with Gasteiger partial charge in [0.05, 0.1) is 6.26 Å². The molecule has 0 fully saturated rings. The summed E-state index contributed by atoms with van der Waals surface area (Å²) in [6, 6.07) is 13.3. The standard InChI is InChI=1S/C25H31NO5S/c1-5-6-7-25(27)30-24-11-8-20(16-19(24)3)18(2)12-14-26-15-13-21-17-22(9-10-23(21)26)31-32(4,28)29/h8-11,13,15-18H,5-7,12,14H2,1-4H3. The normalized spacial score (nSPS) is 12.6. The second-order valence-corrected chi connectivity index (χ2v) is 9.88. The van der Waals surface area contributed by atoms with Crippen molar-refractivity contribution in [3.05, 3.63) is 59.8 Å². The van der Waals surface area contributed by atoms with E-state index < -0.39 is 10.1 Å². The third-order valence-corrected chi connectivity index (χ3v) is 6.01. The summed E-state index contributed by atoms with van der Waals surface area (Å²) in [6.07, 6.45) is 6.23. The van der Waals surface area contributed by atoms with Crippen LogP contribution in [0, 0.1) is 6.92 Å². The fourth-order valence-corrected chi connectivity index (χ4v) is 4.14. The van der Waals surface area contributed by atoms with Crippen LogP contribution < -0.4 is 8.92 Å². The van der Waals surface area contributed by atoms with Crippen molar-refractivity contribution < 1.29 is 22.1 Å². The second kappa shape index (κ2) is 10.2. The lowest BCUT2D eigenvalue weighted by atomic mass is 9.96. The van der Waals surface area contributed by atoms with Gasteiger partial charge in [0.15, 0.2) is 0 Å². The molecule has 172 valence electrons. The van der Waals surface area contributed by atoms with Crippen molar-refractivity contribution in [1.29, 1.82) is 0 Å². The lowest BCUT2D eigenvalue weighted by Crippen LogP contribution is -2.09. The number of hydrogen-bond acceptors (Lipinski definition) is 5. The first-order valence-corrected chi connectivity index (χ1v) is 12.8. The van der Waals surface area contributed by atoms with E-state index in [1.54, 1.807) is 12.1 Å². The molecule has 0 bridgehead atoms. The predicted molar refractivity (Wildman–Crippen MR) is 127 cm³/mol. The summed E-state index contributed by atoms with van der Waals surface area (Å²) in [5.41, 5.74) is 3.20. The highest BCUT2D eigenvalue weighted by Gasteiger charge is 2.12. The number of rotatable bonds is 10. The van der Waals surface area contributed by atoms with E-state index >= 15 is 0 Å². The maximum absolute atomic E-state index is 11.9. The second-order valence-electron chi connectivity index (χ2n) is 8.31. The zero-order chi connectivity index (χ0) is 23.3. The van der Waals surface area contributed by atoms with Gasteiger partial charge in [0, 0.05) is 30.1 Å². The number of ether oxygens (including phenoxy) is 1. The van der Waals surface area contributed by atoms with Gasteiger partial charge in [0.1, 0.15) is 11.5 Å². The van der Waals surface area contributed by atoms with Crippen LogP contribution in [0.3, 0.4) is 0 Å². The van der Waals surface area contributed by atoms with Crippen LogP contribution >= 0.6 is 0 Å². The quantitative estimate of drug-likeness (QED) is 0.226. The first-order chi connectivity index (χ1) is 15.2. The minimum absolute atomic E-state index is 0.180. The van der Waals surface area contributed by atoms with Crippen molar-refractivity contribution in [2.24, 2.45) is 0 Å². The van der Waals surface area contributed by atoms with Crippen molar-refractivity contribution in [2.75, 3.05) is 6.26 Å². The molecule has 3 aromatic rings. The molecule has 0 aliphatic rings. The molecule has 2 aromatic carbocycles. The van der Waals surface area contributed by atoms with Crippen molar-refractivity contribution in [3.63, 3.8) is 0 Å². The number of aromatic nitrogens is 1. The van der Waals surface area contributed by atoms with Gasteiger partial charge < -0.3 is 13.5 Å². The summed E-state index contributed by atoms with van der Waals surface area (Å²) in [5, 5.41) is 0.934. The zero-order valence-electron chi connectivity index (χ0n) is 19.1. The van der Waals surface area contributed by atoms with E-state index in [1.165, 1.54) is 5.56 Å². The lowest BCUT2D eigenvalue weighted by Gasteiger charge is -2.15. The Labute approximate surface area is 190 Å². The van der Waals surface area contributed by atoms with E-state index in [-0.39, 0.29) is 5.97 Å². The largest absolute Gasteiger partial charge is 0.426 e. The van der Waals surface area contributed by atoms with Crippen LogP contribution in [0.15, 0.2) is 48.7 Å². The van der Waals surface area contributed by atoms with E-state index in [0.29, 0.717) is 23.8 Å². The molecule has 1 unspecified atom stereocenters. The summed E-state index contributed by atoms with van der Waals surface area (Å²) in [6.45, 7) is 7.03. The van der Waals surface area contributed by atoms with Crippen LogP contribution in [0.4, 0.5) is 0 Å².